The van der Waals surface area contributed by atoms with Gasteiger partial charge in [0.2, 0.25) is 0 Å². The molecule has 1 aromatic heterocycles. The van der Waals surface area contributed by atoms with Crippen molar-refractivity contribution in [2.24, 2.45) is 4.99 Å². The number of nitrogens with one attached hydrogen (secondary N) is 2. The van der Waals surface area contributed by atoms with Crippen molar-refractivity contribution < 1.29 is 9.47 Å². The molecule has 0 saturated carbocycles. The number of hydrogen-bond donors (Lipinski definition) is 2. The van der Waals surface area contributed by atoms with Gasteiger partial charge in [-0.15, -0.1) is 0 Å². The molecule has 2 N–H and O–H groups in total. The Morgan fingerprint density at radius 3 is 2.92 bits per heavy atom. The largest absolute Gasteiger partial charge is 0.486 e. The van der Waals surface area contributed by atoms with Crippen LogP contribution in [0.25, 0.3) is 0 Å². The number of aromatic nitrogens is 2. The number of ether oxygens (including phenoxy) is 2. The molecule has 2 heterocycles. The van der Waals surface area contributed by atoms with E-state index in [1.807, 2.05) is 29.1 Å². The van der Waals surface area contributed by atoms with E-state index in [2.05, 4.69) is 20.7 Å². The van der Waals surface area contributed by atoms with Crippen LogP contribution in [0, 0.1) is 0 Å². The highest BCUT2D eigenvalue weighted by Gasteiger charge is 2.16. The molecule has 1 aromatic carbocycles. The molecule has 0 aliphatic carbocycles. The third kappa shape index (κ3) is 5.05. The predicted octanol–water partition coefficient (Wildman–Crippen LogP) is 2.11. The molecule has 3 rings (SSSR count). The van der Waals surface area contributed by atoms with Crippen molar-refractivity contribution in [1.82, 2.24) is 20.4 Å². The fourth-order valence-electron chi connectivity index (χ4n) is 2.74. The molecule has 0 atom stereocenters. The van der Waals surface area contributed by atoms with Gasteiger partial charge in [0.1, 0.15) is 13.2 Å². The van der Waals surface area contributed by atoms with Crippen molar-refractivity contribution in [3.63, 3.8) is 0 Å². The lowest BCUT2D eigenvalue weighted by atomic mass is 10.1. The molecule has 0 fully saturated rings. The highest BCUT2D eigenvalue weighted by atomic mass is 35.5. The molecule has 0 bridgehead atoms. The number of benzene rings is 1. The zero-order chi connectivity index (χ0) is 18.2. The minimum Gasteiger partial charge on any atom is -0.486 e. The number of guanidine groups is 1. The first-order valence-electron chi connectivity index (χ1n) is 8.76. The average molecular weight is 378 g/mol. The molecule has 0 amide bonds. The molecule has 0 unspecified atom stereocenters. The zero-order valence-corrected chi connectivity index (χ0v) is 15.6. The predicted molar refractivity (Wildman–Crippen MR) is 102 cm³/mol. The highest BCUT2D eigenvalue weighted by molar-refractivity contribution is 6.32. The Hall–Kier alpha value is -2.41. The van der Waals surface area contributed by atoms with Crippen LogP contribution in [-0.2, 0) is 13.0 Å². The molecule has 0 spiro atoms. The summed E-state index contributed by atoms with van der Waals surface area (Å²) in [5.41, 5.74) is 1.10. The summed E-state index contributed by atoms with van der Waals surface area (Å²) in [6, 6.07) is 5.84. The maximum Gasteiger partial charge on any atom is 0.190 e. The molecule has 8 heteroatoms. The van der Waals surface area contributed by atoms with Gasteiger partial charge in [0, 0.05) is 39.1 Å². The van der Waals surface area contributed by atoms with Crippen LogP contribution in [0.5, 0.6) is 11.5 Å². The maximum absolute atomic E-state index is 6.27. The minimum absolute atomic E-state index is 0.538. The minimum atomic E-state index is 0.538. The van der Waals surface area contributed by atoms with Crippen molar-refractivity contribution in [2.45, 2.75) is 19.4 Å². The van der Waals surface area contributed by atoms with Gasteiger partial charge in [-0.25, -0.2) is 0 Å². The van der Waals surface area contributed by atoms with Crippen LogP contribution in [0.1, 0.15) is 12.0 Å². The third-order valence-electron chi connectivity index (χ3n) is 4.00. The number of hydrogen-bond acceptors (Lipinski definition) is 4. The van der Waals surface area contributed by atoms with Gasteiger partial charge in [-0.3, -0.25) is 9.67 Å². The topological polar surface area (TPSA) is 72.7 Å². The lowest BCUT2D eigenvalue weighted by molar-refractivity contribution is 0.171. The molecule has 2 aromatic rings. The molecule has 1 aliphatic heterocycles. The van der Waals surface area contributed by atoms with Crippen LogP contribution in [0.3, 0.4) is 0 Å². The second kappa shape index (κ2) is 9.33. The Kier molecular flexibility index (Phi) is 6.60. The van der Waals surface area contributed by atoms with Crippen LogP contribution in [0.4, 0.5) is 0 Å². The second-order valence-electron chi connectivity index (χ2n) is 5.90. The van der Waals surface area contributed by atoms with E-state index < -0.39 is 0 Å². The van der Waals surface area contributed by atoms with Gasteiger partial charge in [-0.05, 0) is 36.6 Å². The van der Waals surface area contributed by atoms with Gasteiger partial charge < -0.3 is 20.1 Å². The monoisotopic (exact) mass is 377 g/mol. The molecule has 1 aliphatic rings. The number of aryl methyl sites for hydroxylation is 1. The highest BCUT2D eigenvalue weighted by Crippen LogP contribution is 2.38. The summed E-state index contributed by atoms with van der Waals surface area (Å²) in [5.74, 6) is 2.15. The Morgan fingerprint density at radius 2 is 2.12 bits per heavy atom. The van der Waals surface area contributed by atoms with Crippen molar-refractivity contribution in [1.29, 1.82) is 0 Å². The number of nitrogens with zero attached hydrogens (tertiary/aromatic N) is 3. The summed E-state index contributed by atoms with van der Waals surface area (Å²) < 4.78 is 13.1. The van der Waals surface area contributed by atoms with Crippen LogP contribution >= 0.6 is 11.6 Å². The van der Waals surface area contributed by atoms with E-state index in [0.717, 1.165) is 49.7 Å². The Balaban J connectivity index is 1.41. The lowest BCUT2D eigenvalue weighted by Gasteiger charge is -2.20. The molecular formula is C18H24ClN5O2. The summed E-state index contributed by atoms with van der Waals surface area (Å²) in [6.45, 7) is 3.55. The van der Waals surface area contributed by atoms with Gasteiger partial charge >= 0.3 is 0 Å². The van der Waals surface area contributed by atoms with Crippen molar-refractivity contribution >= 4 is 17.6 Å². The summed E-state index contributed by atoms with van der Waals surface area (Å²) in [7, 11) is 1.77. The van der Waals surface area contributed by atoms with Gasteiger partial charge in [0.25, 0.3) is 0 Å². The smallest absolute Gasteiger partial charge is 0.190 e. The number of halogens is 1. The second-order valence-corrected chi connectivity index (χ2v) is 6.31. The number of rotatable bonds is 7. The first-order chi connectivity index (χ1) is 12.8. The van der Waals surface area contributed by atoms with Gasteiger partial charge in [-0.2, -0.15) is 5.10 Å². The molecule has 140 valence electrons. The lowest BCUT2D eigenvalue weighted by Crippen LogP contribution is -2.39. The van der Waals surface area contributed by atoms with Crippen LogP contribution in [0.15, 0.2) is 35.6 Å². The van der Waals surface area contributed by atoms with Crippen molar-refractivity contribution in [3.8, 4) is 11.5 Å². The zero-order valence-electron chi connectivity index (χ0n) is 14.9. The van der Waals surface area contributed by atoms with E-state index in [0.29, 0.717) is 24.0 Å². The fraction of sp³-hybridized carbons (Fsp3) is 0.444. The average Bonchev–Trinajstić information content (AvgIpc) is 3.17. The van der Waals surface area contributed by atoms with E-state index in [-0.39, 0.29) is 0 Å². The van der Waals surface area contributed by atoms with E-state index in [4.69, 9.17) is 21.1 Å². The van der Waals surface area contributed by atoms with E-state index in [1.165, 1.54) is 0 Å². The van der Waals surface area contributed by atoms with Crippen molar-refractivity contribution in [3.05, 3.63) is 41.2 Å². The SMILES string of the molecule is CN=C(NCCCn1cccn1)NCCc1cc(Cl)c2c(c1)OCCO2. The van der Waals surface area contributed by atoms with Crippen LogP contribution in [-0.4, -0.2) is 49.1 Å². The summed E-state index contributed by atoms with van der Waals surface area (Å²) >= 11 is 6.27. The molecule has 0 saturated heterocycles. The van der Waals surface area contributed by atoms with Gasteiger partial charge in [-0.1, -0.05) is 11.6 Å². The summed E-state index contributed by atoms with van der Waals surface area (Å²) in [5, 5.41) is 11.4. The van der Waals surface area contributed by atoms with Crippen molar-refractivity contribution in [2.75, 3.05) is 33.4 Å². The fourth-order valence-corrected chi connectivity index (χ4v) is 3.02. The first kappa shape index (κ1) is 18.4. The maximum atomic E-state index is 6.27. The molecule has 26 heavy (non-hydrogen) atoms. The van der Waals surface area contributed by atoms with Crippen LogP contribution < -0.4 is 20.1 Å². The molecular weight excluding hydrogens is 354 g/mol. The van der Waals surface area contributed by atoms with E-state index >= 15 is 0 Å². The molecule has 0 radical (unpaired) electrons. The normalized spacial score (nSPS) is 13.5. The Labute approximate surface area is 158 Å². The van der Waals surface area contributed by atoms with Crippen LogP contribution in [0.2, 0.25) is 5.02 Å². The number of aliphatic imine (C=N–C) groups is 1. The quantitative estimate of drug-likeness (QED) is 0.439. The molecule has 7 nitrogen and oxygen atoms in total. The number of fused-ring (bicyclic) bond motifs is 1. The Morgan fingerprint density at radius 1 is 1.27 bits per heavy atom. The standard InChI is InChI=1S/C18H24ClN5O2/c1-20-18(21-5-2-8-24-9-3-6-23-24)22-7-4-14-12-15(19)17-16(13-14)25-10-11-26-17/h3,6,9,12-13H,2,4-5,7-8,10-11H2,1H3,(H2,20,21,22). The first-order valence-corrected chi connectivity index (χ1v) is 9.14. The summed E-state index contributed by atoms with van der Waals surface area (Å²) in [4.78, 5) is 4.24. The Bertz CT molecular complexity index is 733. The van der Waals surface area contributed by atoms with Gasteiger partial charge in [0.15, 0.2) is 17.5 Å². The van der Waals surface area contributed by atoms with E-state index in [1.54, 1.807) is 13.2 Å². The van der Waals surface area contributed by atoms with E-state index in [9.17, 15) is 0 Å². The third-order valence-corrected chi connectivity index (χ3v) is 4.28. The summed E-state index contributed by atoms with van der Waals surface area (Å²) in [6.07, 6.45) is 5.54. The van der Waals surface area contributed by atoms with Gasteiger partial charge in [0.05, 0.1) is 5.02 Å².